The van der Waals surface area contributed by atoms with Crippen LogP contribution in [0.3, 0.4) is 0 Å². The molecular weight excluding hydrogens is 286 g/mol. The normalized spacial score (nSPS) is 18.2. The minimum Gasteiger partial charge on any atom is -0.494 e. The first-order valence-electron chi connectivity index (χ1n) is 7.22. The first kappa shape index (κ1) is 14.4. The van der Waals surface area contributed by atoms with Crippen molar-refractivity contribution in [1.29, 1.82) is 0 Å². The zero-order valence-electron chi connectivity index (χ0n) is 12.2. The van der Waals surface area contributed by atoms with Crippen LogP contribution >= 0.6 is 0 Å². The summed E-state index contributed by atoms with van der Waals surface area (Å²) in [6.45, 7) is 3.28. The van der Waals surface area contributed by atoms with Crippen LogP contribution in [-0.2, 0) is 4.79 Å². The van der Waals surface area contributed by atoms with Gasteiger partial charge in [-0.15, -0.1) is 0 Å². The molecule has 0 aliphatic carbocycles. The smallest absolute Gasteiger partial charge is 0.324 e. The van der Waals surface area contributed by atoms with Gasteiger partial charge in [0.15, 0.2) is 0 Å². The van der Waals surface area contributed by atoms with Gasteiger partial charge in [0.25, 0.3) is 5.91 Å². The first-order chi connectivity index (χ1) is 10.6. The van der Waals surface area contributed by atoms with E-state index >= 15 is 0 Å². The molecule has 0 unspecified atom stereocenters. The highest BCUT2D eigenvalue weighted by atomic mass is 16.5. The van der Waals surface area contributed by atoms with Crippen LogP contribution < -0.4 is 10.1 Å². The average molecular weight is 303 g/mol. The van der Waals surface area contributed by atoms with E-state index in [2.05, 4.69) is 5.32 Å². The van der Waals surface area contributed by atoms with Gasteiger partial charge in [-0.3, -0.25) is 14.5 Å². The van der Waals surface area contributed by atoms with Gasteiger partial charge in [0.05, 0.1) is 19.2 Å². The highest BCUT2D eigenvalue weighted by Crippen LogP contribution is 2.21. The van der Waals surface area contributed by atoms with Crippen molar-refractivity contribution in [1.82, 2.24) is 15.1 Å². The third-order valence-corrected chi connectivity index (χ3v) is 3.81. The Labute approximate surface area is 127 Å². The minimum absolute atomic E-state index is 0.0438. The molecule has 2 heterocycles. The minimum atomic E-state index is -0.372. The molecule has 0 aromatic heterocycles. The molecule has 3 rings (SSSR count). The lowest BCUT2D eigenvalue weighted by atomic mass is 10.1. The maximum absolute atomic E-state index is 12.3. The Morgan fingerprint density at radius 2 is 1.95 bits per heavy atom. The molecule has 2 aliphatic rings. The second-order valence-corrected chi connectivity index (χ2v) is 5.24. The number of rotatable bonds is 4. The second kappa shape index (κ2) is 5.67. The topological polar surface area (TPSA) is 79.0 Å². The third-order valence-electron chi connectivity index (χ3n) is 3.81. The molecule has 116 valence electrons. The number of hydrogen-bond donors (Lipinski definition) is 1. The van der Waals surface area contributed by atoms with Crippen molar-refractivity contribution in [3.05, 3.63) is 29.8 Å². The number of carbonyl (C=O) groups excluding carboxylic acids is 3. The van der Waals surface area contributed by atoms with Gasteiger partial charge in [0, 0.05) is 18.7 Å². The van der Waals surface area contributed by atoms with E-state index in [1.165, 1.54) is 4.90 Å². The average Bonchev–Trinajstić information content (AvgIpc) is 2.79. The Balaban J connectivity index is 1.59. The number of carbonyl (C=O) groups is 3. The van der Waals surface area contributed by atoms with E-state index in [1.807, 2.05) is 6.92 Å². The molecule has 1 N–H and O–H groups in total. The maximum Gasteiger partial charge on any atom is 0.324 e. The van der Waals surface area contributed by atoms with Gasteiger partial charge >= 0.3 is 6.03 Å². The van der Waals surface area contributed by atoms with Crippen molar-refractivity contribution in [3.63, 3.8) is 0 Å². The summed E-state index contributed by atoms with van der Waals surface area (Å²) in [7, 11) is 0. The molecule has 7 nitrogen and oxygen atoms in total. The van der Waals surface area contributed by atoms with Crippen LogP contribution in [0, 0.1) is 0 Å². The molecule has 7 heteroatoms. The van der Waals surface area contributed by atoms with Crippen molar-refractivity contribution in [2.45, 2.75) is 13.0 Å². The highest BCUT2D eigenvalue weighted by molar-refractivity contribution is 6.03. The van der Waals surface area contributed by atoms with Gasteiger partial charge < -0.3 is 15.0 Å². The highest BCUT2D eigenvalue weighted by Gasteiger charge is 2.42. The lowest BCUT2D eigenvalue weighted by molar-refractivity contribution is -0.128. The van der Waals surface area contributed by atoms with E-state index in [4.69, 9.17) is 4.74 Å². The van der Waals surface area contributed by atoms with E-state index in [0.717, 1.165) is 5.75 Å². The Morgan fingerprint density at radius 3 is 2.50 bits per heavy atom. The predicted molar refractivity (Wildman–Crippen MR) is 77.5 cm³/mol. The maximum atomic E-state index is 12.3. The molecule has 0 bridgehead atoms. The summed E-state index contributed by atoms with van der Waals surface area (Å²) in [5.41, 5.74) is 0.569. The molecule has 0 saturated carbocycles. The lowest BCUT2D eigenvalue weighted by Gasteiger charge is -2.42. The lowest BCUT2D eigenvalue weighted by Crippen LogP contribution is -2.62. The van der Waals surface area contributed by atoms with Crippen LogP contribution in [0.5, 0.6) is 5.75 Å². The largest absolute Gasteiger partial charge is 0.494 e. The van der Waals surface area contributed by atoms with E-state index in [9.17, 15) is 14.4 Å². The molecule has 1 aromatic carbocycles. The van der Waals surface area contributed by atoms with Gasteiger partial charge in [0.1, 0.15) is 5.75 Å². The Kier molecular flexibility index (Phi) is 3.70. The van der Waals surface area contributed by atoms with Gasteiger partial charge in [-0.25, -0.2) is 4.79 Å². The monoisotopic (exact) mass is 303 g/mol. The predicted octanol–water partition coefficient (Wildman–Crippen LogP) is 0.462. The van der Waals surface area contributed by atoms with Crippen molar-refractivity contribution in [2.75, 3.05) is 26.2 Å². The molecule has 0 spiro atoms. The third kappa shape index (κ3) is 2.49. The molecule has 1 aromatic rings. The summed E-state index contributed by atoms with van der Waals surface area (Å²) in [5.74, 6) is 0.384. The fourth-order valence-electron chi connectivity index (χ4n) is 2.63. The SMILES string of the molecule is CCOc1ccc(C(=O)N2CC(N3C(=O)CNC3=O)C2)cc1. The molecule has 22 heavy (non-hydrogen) atoms. The van der Waals surface area contributed by atoms with Crippen LogP contribution in [0.4, 0.5) is 4.79 Å². The number of urea groups is 1. The number of imide groups is 1. The fraction of sp³-hybridized carbons (Fsp3) is 0.400. The quantitative estimate of drug-likeness (QED) is 0.820. The van der Waals surface area contributed by atoms with Crippen molar-refractivity contribution in [2.24, 2.45) is 0 Å². The number of hydrogen-bond acceptors (Lipinski definition) is 4. The summed E-state index contributed by atoms with van der Waals surface area (Å²) in [6.07, 6.45) is 0. The van der Waals surface area contributed by atoms with Crippen molar-refractivity contribution in [3.8, 4) is 5.75 Å². The van der Waals surface area contributed by atoms with Crippen LogP contribution in [0.2, 0.25) is 0 Å². The van der Waals surface area contributed by atoms with Gasteiger partial charge in [0.2, 0.25) is 5.91 Å². The molecular formula is C15H17N3O4. The van der Waals surface area contributed by atoms with Crippen molar-refractivity contribution >= 4 is 17.8 Å². The van der Waals surface area contributed by atoms with Crippen LogP contribution in [0.1, 0.15) is 17.3 Å². The zero-order chi connectivity index (χ0) is 15.7. The van der Waals surface area contributed by atoms with E-state index in [0.29, 0.717) is 25.3 Å². The van der Waals surface area contributed by atoms with Crippen LogP contribution in [-0.4, -0.2) is 59.9 Å². The summed E-state index contributed by atoms with van der Waals surface area (Å²) < 4.78 is 5.34. The molecule has 4 amide bonds. The number of nitrogens with one attached hydrogen (secondary N) is 1. The van der Waals surface area contributed by atoms with Gasteiger partial charge in [-0.1, -0.05) is 0 Å². The Morgan fingerprint density at radius 1 is 1.27 bits per heavy atom. The number of ether oxygens (including phenoxy) is 1. The number of likely N-dealkylation sites (tertiary alicyclic amines) is 1. The number of nitrogens with zero attached hydrogens (tertiary/aromatic N) is 2. The fourth-order valence-corrected chi connectivity index (χ4v) is 2.63. The second-order valence-electron chi connectivity index (χ2n) is 5.24. The van der Waals surface area contributed by atoms with Crippen LogP contribution in [0.25, 0.3) is 0 Å². The van der Waals surface area contributed by atoms with Crippen LogP contribution in [0.15, 0.2) is 24.3 Å². The van der Waals surface area contributed by atoms with E-state index in [1.54, 1.807) is 29.2 Å². The number of amides is 4. The van der Waals surface area contributed by atoms with E-state index in [-0.39, 0.29) is 30.4 Å². The first-order valence-corrected chi connectivity index (χ1v) is 7.22. The Bertz CT molecular complexity index is 592. The molecule has 2 aliphatic heterocycles. The Hall–Kier alpha value is -2.57. The van der Waals surface area contributed by atoms with Gasteiger partial charge in [-0.05, 0) is 31.2 Å². The molecule has 0 atom stereocenters. The molecule has 2 saturated heterocycles. The summed E-state index contributed by atoms with van der Waals surface area (Å²) in [6, 6.07) is 6.35. The number of benzene rings is 1. The van der Waals surface area contributed by atoms with Gasteiger partial charge in [-0.2, -0.15) is 0 Å². The van der Waals surface area contributed by atoms with E-state index < -0.39 is 0 Å². The standard InChI is InChI=1S/C15H17N3O4/c1-2-22-12-5-3-10(4-6-12)14(20)17-8-11(9-17)18-13(19)7-16-15(18)21/h3-6,11H,2,7-9H2,1H3,(H,16,21). The summed E-state index contributed by atoms with van der Waals surface area (Å²) >= 11 is 0. The summed E-state index contributed by atoms with van der Waals surface area (Å²) in [5, 5.41) is 2.48. The molecule has 2 fully saturated rings. The summed E-state index contributed by atoms with van der Waals surface area (Å²) in [4.78, 5) is 38.3. The molecule has 0 radical (unpaired) electrons. The zero-order valence-corrected chi connectivity index (χ0v) is 12.2. The van der Waals surface area contributed by atoms with Crippen molar-refractivity contribution < 1.29 is 19.1 Å².